The van der Waals surface area contributed by atoms with Crippen LogP contribution in [0, 0.1) is 0 Å². The minimum Gasteiger partial charge on any atom is -0.489 e. The molecule has 2 aromatic carbocycles. The lowest BCUT2D eigenvalue weighted by atomic mass is 10.0. The van der Waals surface area contributed by atoms with Gasteiger partial charge in [-0.15, -0.1) is 0 Å². The monoisotopic (exact) mass is 467 g/mol. The first-order valence-corrected chi connectivity index (χ1v) is 11.5. The molecule has 0 aliphatic rings. The average molecular weight is 468 g/mol. The summed E-state index contributed by atoms with van der Waals surface area (Å²) in [6, 6.07) is 13.1. The summed E-state index contributed by atoms with van der Waals surface area (Å²) in [5.74, 6) is 0.775. The van der Waals surface area contributed by atoms with Gasteiger partial charge in [0.25, 0.3) is 5.91 Å². The number of rotatable bonds is 9. The third-order valence-corrected chi connectivity index (χ3v) is 5.60. The van der Waals surface area contributed by atoms with Crippen LogP contribution in [0.4, 0.5) is 0 Å². The van der Waals surface area contributed by atoms with Crippen molar-refractivity contribution in [1.29, 1.82) is 0 Å². The highest BCUT2D eigenvalue weighted by Crippen LogP contribution is 2.26. The Morgan fingerprint density at radius 1 is 1.15 bits per heavy atom. The molecule has 3 rings (SSSR count). The van der Waals surface area contributed by atoms with Gasteiger partial charge in [-0.05, 0) is 50.5 Å². The van der Waals surface area contributed by atoms with E-state index in [-0.39, 0.29) is 23.8 Å². The zero-order valence-corrected chi connectivity index (χ0v) is 20.4. The minimum atomic E-state index is -0.165. The Morgan fingerprint density at radius 2 is 1.85 bits per heavy atom. The first-order chi connectivity index (χ1) is 15.7. The molecule has 1 amide bonds. The maximum Gasteiger partial charge on any atom is 0.251 e. The van der Waals surface area contributed by atoms with Crippen LogP contribution in [0.1, 0.15) is 60.7 Å². The zero-order chi connectivity index (χ0) is 24.1. The van der Waals surface area contributed by atoms with Crippen molar-refractivity contribution in [3.8, 4) is 17.0 Å². The number of hydrogen-bond donors (Lipinski definition) is 1. The van der Waals surface area contributed by atoms with E-state index in [1.807, 2.05) is 58.3 Å². The Morgan fingerprint density at radius 3 is 2.39 bits per heavy atom. The quantitative estimate of drug-likeness (QED) is 0.423. The van der Waals surface area contributed by atoms with Crippen LogP contribution in [0.25, 0.3) is 11.3 Å². The van der Waals surface area contributed by atoms with Crippen LogP contribution in [0.3, 0.4) is 0 Å². The highest BCUT2D eigenvalue weighted by Gasteiger charge is 2.16. The third kappa shape index (κ3) is 6.23. The summed E-state index contributed by atoms with van der Waals surface area (Å²) >= 11 is 6.28. The molecule has 1 aromatic heterocycles. The van der Waals surface area contributed by atoms with Crippen LogP contribution in [0.2, 0.25) is 5.02 Å². The van der Waals surface area contributed by atoms with E-state index in [2.05, 4.69) is 10.3 Å². The molecule has 0 saturated heterocycles. The molecule has 0 fully saturated rings. The normalized spacial score (nSPS) is 12.0. The van der Waals surface area contributed by atoms with Gasteiger partial charge in [-0.3, -0.25) is 9.59 Å². The van der Waals surface area contributed by atoms with Gasteiger partial charge in [-0.25, -0.2) is 4.98 Å². The fraction of sp³-hybridized carbons (Fsp3) is 0.346. The van der Waals surface area contributed by atoms with Crippen LogP contribution in [-0.4, -0.2) is 33.4 Å². The number of amides is 1. The molecule has 1 N–H and O–H groups in total. The summed E-state index contributed by atoms with van der Waals surface area (Å²) in [4.78, 5) is 28.9. The van der Waals surface area contributed by atoms with E-state index in [4.69, 9.17) is 16.3 Å². The van der Waals surface area contributed by atoms with Gasteiger partial charge in [-0.2, -0.15) is 0 Å². The number of nitrogens with one attached hydrogen (secondary N) is 1. The molecule has 174 valence electrons. The van der Waals surface area contributed by atoms with E-state index in [0.29, 0.717) is 28.6 Å². The van der Waals surface area contributed by atoms with Crippen molar-refractivity contribution < 1.29 is 14.3 Å². The molecule has 0 bridgehead atoms. The second kappa shape index (κ2) is 10.7. The van der Waals surface area contributed by atoms with E-state index in [1.165, 1.54) is 6.92 Å². The van der Waals surface area contributed by atoms with Gasteiger partial charge in [0.15, 0.2) is 11.6 Å². The topological polar surface area (TPSA) is 73.2 Å². The van der Waals surface area contributed by atoms with E-state index in [0.717, 1.165) is 23.2 Å². The maximum absolute atomic E-state index is 12.8. The SMILES string of the molecule is CC[C@@H](Cc1ccc(-c2cn(C)c(C(C)=O)n2)cc1)NC(=O)c1ccc(OC(C)C)c(Cl)c1. The van der Waals surface area contributed by atoms with E-state index in [9.17, 15) is 9.59 Å². The second-order valence-corrected chi connectivity index (χ2v) is 8.82. The number of nitrogens with zero attached hydrogens (tertiary/aromatic N) is 2. The molecule has 33 heavy (non-hydrogen) atoms. The number of carbonyl (C=O) groups is 2. The Balaban J connectivity index is 1.66. The largest absolute Gasteiger partial charge is 0.489 e. The van der Waals surface area contributed by atoms with Gasteiger partial charge in [-0.1, -0.05) is 42.8 Å². The lowest BCUT2D eigenvalue weighted by molar-refractivity contribution is 0.0934. The van der Waals surface area contributed by atoms with Gasteiger partial charge in [0.05, 0.1) is 16.8 Å². The average Bonchev–Trinajstić information content (AvgIpc) is 3.16. The molecule has 1 heterocycles. The number of aryl methyl sites for hydroxylation is 1. The number of ketones is 1. The number of benzene rings is 2. The molecule has 0 radical (unpaired) electrons. The first kappa shape index (κ1) is 24.5. The third-order valence-electron chi connectivity index (χ3n) is 5.31. The van der Waals surface area contributed by atoms with Crippen LogP contribution >= 0.6 is 11.6 Å². The van der Waals surface area contributed by atoms with Gasteiger partial charge in [0.2, 0.25) is 0 Å². The minimum absolute atomic E-state index is 0.00639. The van der Waals surface area contributed by atoms with Crippen LogP contribution in [0.15, 0.2) is 48.7 Å². The van der Waals surface area contributed by atoms with E-state index >= 15 is 0 Å². The highest BCUT2D eigenvalue weighted by atomic mass is 35.5. The van der Waals surface area contributed by atoms with Crippen molar-refractivity contribution in [2.45, 2.75) is 52.7 Å². The number of ether oxygens (including phenoxy) is 1. The van der Waals surface area contributed by atoms with Crippen LogP contribution in [-0.2, 0) is 13.5 Å². The molecular formula is C26H30ClN3O3. The highest BCUT2D eigenvalue weighted by molar-refractivity contribution is 6.32. The van der Waals surface area contributed by atoms with Gasteiger partial charge in [0.1, 0.15) is 5.75 Å². The molecule has 0 aliphatic carbocycles. The van der Waals surface area contributed by atoms with Crippen LogP contribution < -0.4 is 10.1 Å². The lowest BCUT2D eigenvalue weighted by Gasteiger charge is -2.18. The molecule has 0 aliphatic heterocycles. The fourth-order valence-corrected chi connectivity index (χ4v) is 3.81. The Hall–Kier alpha value is -3.12. The first-order valence-electron chi connectivity index (χ1n) is 11.1. The molecule has 1 atom stereocenters. The number of carbonyl (C=O) groups excluding carboxylic acids is 2. The lowest BCUT2D eigenvalue weighted by Crippen LogP contribution is -2.36. The van der Waals surface area contributed by atoms with Gasteiger partial charge >= 0.3 is 0 Å². The van der Waals surface area contributed by atoms with Crippen molar-refractivity contribution in [1.82, 2.24) is 14.9 Å². The van der Waals surface area contributed by atoms with Gasteiger partial charge in [0, 0.05) is 37.3 Å². The summed E-state index contributed by atoms with van der Waals surface area (Å²) in [7, 11) is 1.81. The summed E-state index contributed by atoms with van der Waals surface area (Å²) in [6.45, 7) is 7.41. The maximum atomic E-state index is 12.8. The van der Waals surface area contributed by atoms with Crippen molar-refractivity contribution in [3.63, 3.8) is 0 Å². The van der Waals surface area contributed by atoms with Crippen LogP contribution in [0.5, 0.6) is 5.75 Å². The molecule has 0 spiro atoms. The van der Waals surface area contributed by atoms with Crippen molar-refractivity contribution >= 4 is 23.3 Å². The predicted octanol–water partition coefficient (Wildman–Crippen LogP) is 5.48. The molecule has 0 saturated carbocycles. The van der Waals surface area contributed by atoms with Crippen molar-refractivity contribution in [2.75, 3.05) is 0 Å². The summed E-state index contributed by atoms with van der Waals surface area (Å²) < 4.78 is 7.37. The molecule has 7 heteroatoms. The fourth-order valence-electron chi connectivity index (χ4n) is 3.59. The van der Waals surface area contributed by atoms with Crippen molar-refractivity contribution in [2.24, 2.45) is 7.05 Å². The van der Waals surface area contributed by atoms with E-state index < -0.39 is 0 Å². The molecular weight excluding hydrogens is 438 g/mol. The zero-order valence-electron chi connectivity index (χ0n) is 19.7. The van der Waals surface area contributed by atoms with Crippen molar-refractivity contribution in [3.05, 3.63) is 70.6 Å². The number of hydrogen-bond acceptors (Lipinski definition) is 4. The second-order valence-electron chi connectivity index (χ2n) is 8.41. The number of imidazole rings is 1. The summed E-state index contributed by atoms with van der Waals surface area (Å²) in [5, 5.41) is 3.52. The molecule has 0 unspecified atom stereocenters. The van der Waals surface area contributed by atoms with Gasteiger partial charge < -0.3 is 14.6 Å². The number of aromatic nitrogens is 2. The number of halogens is 1. The molecule has 6 nitrogen and oxygen atoms in total. The Labute approximate surface area is 199 Å². The smallest absolute Gasteiger partial charge is 0.251 e. The van der Waals surface area contributed by atoms with E-state index in [1.54, 1.807) is 22.8 Å². The standard InChI is InChI=1S/C26H30ClN3O3/c1-6-21(28-26(32)20-11-12-24(22(27)14-20)33-16(2)3)13-18-7-9-19(10-8-18)23-15-30(5)25(29-23)17(4)31/h7-12,14-16,21H,6,13H2,1-5H3,(H,28,32)/t21-/m0/s1. The summed E-state index contributed by atoms with van der Waals surface area (Å²) in [6.07, 6.45) is 3.35. The molecule has 3 aromatic rings. The Bertz CT molecular complexity index is 1140. The Kier molecular flexibility index (Phi) is 7.92. The summed E-state index contributed by atoms with van der Waals surface area (Å²) in [5.41, 5.74) is 3.31. The predicted molar refractivity (Wildman–Crippen MR) is 131 cm³/mol. The number of Topliss-reactive ketones (excluding diaryl/α,β-unsaturated/α-hetero) is 1.